The van der Waals surface area contributed by atoms with Crippen molar-refractivity contribution in [1.82, 2.24) is 9.38 Å². The van der Waals surface area contributed by atoms with Crippen molar-refractivity contribution >= 4 is 39.4 Å². The summed E-state index contributed by atoms with van der Waals surface area (Å²) in [5, 5.41) is 18.9. The molecule has 2 aromatic carbocycles. The molecule has 0 aliphatic carbocycles. The van der Waals surface area contributed by atoms with Crippen molar-refractivity contribution in [2.45, 2.75) is 26.4 Å². The zero-order valence-corrected chi connectivity index (χ0v) is 17.6. The number of allylic oxidation sites excluding steroid dienone is 1. The Kier molecular flexibility index (Phi) is 4.33. The van der Waals surface area contributed by atoms with Gasteiger partial charge in [-0.25, -0.2) is 14.2 Å². The third kappa shape index (κ3) is 3.16. The molecule has 1 atom stereocenters. The lowest BCUT2D eigenvalue weighted by Gasteiger charge is -2.13. The number of ether oxygens (including phenoxy) is 1. The summed E-state index contributed by atoms with van der Waals surface area (Å²) in [6.45, 7) is 4.03. The molecule has 4 aromatic rings. The molecule has 0 amide bonds. The summed E-state index contributed by atoms with van der Waals surface area (Å²) in [5.41, 5.74) is 4.17. The number of aromatic carboxylic acids is 1. The highest BCUT2D eigenvalue weighted by atomic mass is 32.1. The molecule has 0 spiro atoms. The molecule has 2 N–H and O–H groups in total. The number of rotatable bonds is 3. The fourth-order valence-corrected chi connectivity index (χ4v) is 4.72. The second-order valence-electron chi connectivity index (χ2n) is 7.60. The second kappa shape index (κ2) is 6.95. The van der Waals surface area contributed by atoms with Crippen molar-refractivity contribution in [3.63, 3.8) is 0 Å². The molecule has 1 aliphatic rings. The van der Waals surface area contributed by atoms with E-state index in [2.05, 4.69) is 4.98 Å². The van der Waals surface area contributed by atoms with E-state index in [4.69, 9.17) is 4.74 Å². The lowest BCUT2D eigenvalue weighted by molar-refractivity contribution is 0.0693. The maximum atomic E-state index is 13.0. The van der Waals surface area contributed by atoms with Crippen molar-refractivity contribution < 1.29 is 19.7 Å². The number of hydrogen-bond donors (Lipinski definition) is 2. The number of carboxylic acids is 1. The van der Waals surface area contributed by atoms with Crippen LogP contribution < -0.4 is 10.1 Å². The lowest BCUT2D eigenvalue weighted by Crippen LogP contribution is -2.22. The van der Waals surface area contributed by atoms with Crippen LogP contribution in [-0.2, 0) is 4.74 Å². The summed E-state index contributed by atoms with van der Waals surface area (Å²) >= 11 is 1.31. The summed E-state index contributed by atoms with van der Waals surface area (Å²) in [6.07, 6.45) is 3.72. The van der Waals surface area contributed by atoms with Gasteiger partial charge in [0.2, 0.25) is 0 Å². The second-order valence-corrected chi connectivity index (χ2v) is 8.61. The Morgan fingerprint density at radius 3 is 2.81 bits per heavy atom. The summed E-state index contributed by atoms with van der Waals surface area (Å²) in [4.78, 5) is 29.5. The van der Waals surface area contributed by atoms with Gasteiger partial charge in [0.15, 0.2) is 4.96 Å². The van der Waals surface area contributed by atoms with E-state index in [0.717, 1.165) is 22.2 Å². The van der Waals surface area contributed by atoms with Crippen LogP contribution in [0.15, 0.2) is 47.0 Å². The monoisotopic (exact) mass is 434 g/mol. The third-order valence-electron chi connectivity index (χ3n) is 5.56. The first-order valence-electron chi connectivity index (χ1n) is 9.69. The van der Waals surface area contributed by atoms with Crippen LogP contribution in [0.2, 0.25) is 0 Å². The number of hydrogen-bond acceptors (Lipinski definition) is 6. The third-order valence-corrected chi connectivity index (χ3v) is 6.53. The molecule has 1 unspecified atom stereocenters. The number of fused-ring (bicyclic) bond motifs is 3. The zero-order valence-electron chi connectivity index (χ0n) is 16.7. The summed E-state index contributed by atoms with van der Waals surface area (Å²) in [7, 11) is 0. The van der Waals surface area contributed by atoms with E-state index in [9.17, 15) is 19.8 Å². The molecule has 0 radical (unpaired) electrons. The van der Waals surface area contributed by atoms with Crippen LogP contribution in [0.1, 0.15) is 39.6 Å². The highest BCUT2D eigenvalue weighted by molar-refractivity contribution is 7.15. The Morgan fingerprint density at radius 2 is 2.03 bits per heavy atom. The molecule has 3 heterocycles. The molecular formula is C23H18N2O5S. The van der Waals surface area contributed by atoms with Crippen molar-refractivity contribution in [3.05, 3.63) is 79.3 Å². The largest absolute Gasteiger partial charge is 0.507 e. The van der Waals surface area contributed by atoms with Crippen molar-refractivity contribution in [2.75, 3.05) is 0 Å². The Bertz CT molecular complexity index is 1530. The first kappa shape index (κ1) is 19.3. The molecule has 0 saturated carbocycles. The van der Waals surface area contributed by atoms with E-state index in [1.807, 2.05) is 32.1 Å². The number of imidazole rings is 1. The van der Waals surface area contributed by atoms with E-state index < -0.39 is 5.97 Å². The smallest absolute Gasteiger partial charge is 0.339 e. The number of phenols is 1. The van der Waals surface area contributed by atoms with E-state index in [-0.39, 0.29) is 23.0 Å². The predicted molar refractivity (Wildman–Crippen MR) is 118 cm³/mol. The fourth-order valence-electron chi connectivity index (χ4n) is 3.75. The lowest BCUT2D eigenvalue weighted by atomic mass is 10.0. The van der Waals surface area contributed by atoms with Gasteiger partial charge in [0.25, 0.3) is 5.56 Å². The van der Waals surface area contributed by atoms with Crippen LogP contribution >= 0.6 is 11.3 Å². The number of nitrogens with zero attached hydrogens (tertiary/aromatic N) is 2. The van der Waals surface area contributed by atoms with E-state index in [1.54, 1.807) is 16.5 Å². The molecule has 0 fully saturated rings. The SMILES string of the molecule is Cc1cc2nc3s/c(=C\C4=CCC(c5ccc(O)c(C(=O)O)c5)O4)c(=O)n3c2cc1C. The minimum atomic E-state index is -1.20. The van der Waals surface area contributed by atoms with E-state index >= 15 is 0 Å². The van der Waals surface area contributed by atoms with Crippen LogP contribution in [-0.4, -0.2) is 25.6 Å². The van der Waals surface area contributed by atoms with Gasteiger partial charge in [0.1, 0.15) is 27.7 Å². The number of aryl methyl sites for hydroxylation is 2. The average molecular weight is 434 g/mol. The Balaban J connectivity index is 1.49. The number of carboxylic acid groups (broad SMARTS) is 1. The number of carbonyl (C=O) groups is 1. The Hall–Kier alpha value is -3.65. The average Bonchev–Trinajstić information content (AvgIpc) is 3.39. The molecule has 31 heavy (non-hydrogen) atoms. The van der Waals surface area contributed by atoms with Gasteiger partial charge in [-0.05, 0) is 60.9 Å². The summed E-state index contributed by atoms with van der Waals surface area (Å²) < 4.78 is 8.09. The first-order chi connectivity index (χ1) is 14.8. The number of aromatic nitrogens is 2. The number of thiazole rings is 1. The van der Waals surface area contributed by atoms with Crippen molar-refractivity contribution in [3.8, 4) is 5.75 Å². The minimum Gasteiger partial charge on any atom is -0.507 e. The van der Waals surface area contributed by atoms with Crippen molar-refractivity contribution in [2.24, 2.45) is 0 Å². The highest BCUT2D eigenvalue weighted by Gasteiger charge is 2.22. The van der Waals surface area contributed by atoms with Gasteiger partial charge in [0, 0.05) is 12.5 Å². The van der Waals surface area contributed by atoms with Crippen LogP contribution in [0.5, 0.6) is 5.75 Å². The van der Waals surface area contributed by atoms with Crippen LogP contribution in [0.25, 0.3) is 22.1 Å². The first-order valence-corrected chi connectivity index (χ1v) is 10.5. The predicted octanol–water partition coefficient (Wildman–Crippen LogP) is 3.47. The molecule has 8 heteroatoms. The molecule has 0 saturated heterocycles. The number of aromatic hydroxyl groups is 1. The van der Waals surface area contributed by atoms with Gasteiger partial charge < -0.3 is 14.9 Å². The van der Waals surface area contributed by atoms with Gasteiger partial charge in [-0.1, -0.05) is 17.4 Å². The van der Waals surface area contributed by atoms with Gasteiger partial charge in [0.05, 0.1) is 11.0 Å². The normalized spacial score (nSPS) is 16.8. The van der Waals surface area contributed by atoms with Crippen LogP contribution in [0.3, 0.4) is 0 Å². The zero-order chi connectivity index (χ0) is 21.9. The summed E-state index contributed by atoms with van der Waals surface area (Å²) in [5.74, 6) is -0.940. The topological polar surface area (TPSA) is 101 Å². The molecule has 156 valence electrons. The Labute approximate surface area is 180 Å². The molecule has 2 aromatic heterocycles. The standard InChI is InChI=1S/C23H18N2O5S/c1-11-7-16-17(8-12(11)2)25-21(27)20(31-23(25)24-16)10-14-4-6-19(30-14)13-3-5-18(26)15(9-13)22(28)29/h3-5,7-10,19,26H,6H2,1-2H3,(H,28,29)/b20-10-. The quantitative estimate of drug-likeness (QED) is 0.512. The molecule has 5 rings (SSSR count). The minimum absolute atomic E-state index is 0.142. The van der Waals surface area contributed by atoms with Gasteiger partial charge >= 0.3 is 5.97 Å². The van der Waals surface area contributed by atoms with Gasteiger partial charge in [-0.2, -0.15) is 0 Å². The van der Waals surface area contributed by atoms with E-state index in [1.165, 1.54) is 23.5 Å². The fraction of sp³-hybridized carbons (Fsp3) is 0.174. The molecule has 1 aliphatic heterocycles. The maximum absolute atomic E-state index is 13.0. The van der Waals surface area contributed by atoms with Crippen LogP contribution in [0, 0.1) is 13.8 Å². The molecule has 0 bridgehead atoms. The Morgan fingerprint density at radius 1 is 1.26 bits per heavy atom. The summed E-state index contributed by atoms with van der Waals surface area (Å²) in [6, 6.07) is 8.37. The maximum Gasteiger partial charge on any atom is 0.339 e. The van der Waals surface area contributed by atoms with Gasteiger partial charge in [-0.15, -0.1) is 0 Å². The van der Waals surface area contributed by atoms with Crippen molar-refractivity contribution in [1.29, 1.82) is 0 Å². The highest BCUT2D eigenvalue weighted by Crippen LogP contribution is 2.33. The van der Waals surface area contributed by atoms with Crippen LogP contribution in [0.4, 0.5) is 0 Å². The van der Waals surface area contributed by atoms with E-state index in [0.29, 0.717) is 27.2 Å². The number of benzene rings is 2. The van der Waals surface area contributed by atoms with Gasteiger partial charge in [-0.3, -0.25) is 4.79 Å². The molecular weight excluding hydrogens is 416 g/mol. The molecule has 7 nitrogen and oxygen atoms in total.